The van der Waals surface area contributed by atoms with Crippen LogP contribution in [0.25, 0.3) is 0 Å². The van der Waals surface area contributed by atoms with Crippen LogP contribution < -0.4 is 5.73 Å². The number of nitrogens with two attached hydrogens (primary N) is 1. The van der Waals surface area contributed by atoms with Crippen molar-refractivity contribution in [1.82, 2.24) is 9.80 Å². The van der Waals surface area contributed by atoms with Gasteiger partial charge in [0.1, 0.15) is 0 Å². The Morgan fingerprint density at radius 2 is 1.94 bits per heavy atom. The molecule has 2 N–H and O–H groups in total. The molecule has 3 nitrogen and oxygen atoms in total. The molecule has 3 rings (SSSR count). The third-order valence-corrected chi connectivity index (χ3v) is 5.75. The number of hydrogen-bond acceptors (Lipinski definition) is 4. The molecule has 0 radical (unpaired) electrons. The van der Waals surface area contributed by atoms with E-state index in [1.807, 2.05) is 0 Å². The fourth-order valence-electron chi connectivity index (χ4n) is 3.14. The van der Waals surface area contributed by atoms with Crippen LogP contribution >= 0.6 is 11.8 Å². The molecule has 0 amide bonds. The molecule has 3 aliphatic rings. The number of piperazine rings is 1. The van der Waals surface area contributed by atoms with E-state index in [4.69, 9.17) is 5.73 Å². The molecule has 1 atom stereocenters. The third-order valence-electron chi connectivity index (χ3n) is 4.51. The Hall–Kier alpha value is 0.230. The van der Waals surface area contributed by atoms with Crippen molar-refractivity contribution >= 4 is 11.8 Å². The summed E-state index contributed by atoms with van der Waals surface area (Å²) in [4.78, 5) is 5.37. The molecular weight excluding hydrogens is 218 g/mol. The molecule has 92 valence electrons. The lowest BCUT2D eigenvalue weighted by Gasteiger charge is -2.45. The van der Waals surface area contributed by atoms with Crippen LogP contribution in [0.3, 0.4) is 0 Å². The summed E-state index contributed by atoms with van der Waals surface area (Å²) < 4.78 is 0. The van der Waals surface area contributed by atoms with E-state index in [0.717, 1.165) is 12.6 Å². The molecule has 1 unspecified atom stereocenters. The lowest BCUT2D eigenvalue weighted by molar-refractivity contribution is 0.0476. The quantitative estimate of drug-likeness (QED) is 0.784. The molecule has 0 spiro atoms. The van der Waals surface area contributed by atoms with Gasteiger partial charge in [0.05, 0.1) is 0 Å². The first-order valence-corrected chi connectivity index (χ1v) is 7.76. The minimum absolute atomic E-state index is 0.348. The van der Waals surface area contributed by atoms with Crippen LogP contribution in [0.2, 0.25) is 0 Å². The van der Waals surface area contributed by atoms with Crippen molar-refractivity contribution in [2.24, 2.45) is 5.73 Å². The van der Waals surface area contributed by atoms with Gasteiger partial charge in [-0.3, -0.25) is 9.80 Å². The zero-order chi connectivity index (χ0) is 11.0. The van der Waals surface area contributed by atoms with Gasteiger partial charge < -0.3 is 5.73 Å². The minimum atomic E-state index is 0.348. The minimum Gasteiger partial charge on any atom is -0.329 e. The van der Waals surface area contributed by atoms with Crippen molar-refractivity contribution in [3.8, 4) is 0 Å². The molecule has 3 fully saturated rings. The van der Waals surface area contributed by atoms with Gasteiger partial charge in [-0.15, -0.1) is 0 Å². The predicted octanol–water partition coefficient (Wildman–Crippen LogP) is 0.601. The van der Waals surface area contributed by atoms with Gasteiger partial charge >= 0.3 is 0 Å². The summed E-state index contributed by atoms with van der Waals surface area (Å²) in [5.41, 5.74) is 6.39. The summed E-state index contributed by atoms with van der Waals surface area (Å²) in [5, 5.41) is 0. The zero-order valence-electron chi connectivity index (χ0n) is 10.0. The Balaban J connectivity index is 1.59. The first-order valence-electron chi connectivity index (χ1n) is 6.61. The zero-order valence-corrected chi connectivity index (χ0v) is 10.8. The van der Waals surface area contributed by atoms with Crippen molar-refractivity contribution < 1.29 is 0 Å². The molecule has 16 heavy (non-hydrogen) atoms. The number of rotatable bonds is 3. The van der Waals surface area contributed by atoms with Gasteiger partial charge in [0.25, 0.3) is 0 Å². The van der Waals surface area contributed by atoms with Crippen molar-refractivity contribution in [2.45, 2.75) is 30.8 Å². The van der Waals surface area contributed by atoms with Gasteiger partial charge in [-0.1, -0.05) is 0 Å². The van der Waals surface area contributed by atoms with E-state index in [1.54, 1.807) is 0 Å². The fourth-order valence-corrected chi connectivity index (χ4v) is 4.63. The Labute approximate surface area is 103 Å². The van der Waals surface area contributed by atoms with Crippen molar-refractivity contribution in [3.63, 3.8) is 0 Å². The Bertz CT molecular complexity index is 241. The van der Waals surface area contributed by atoms with Crippen molar-refractivity contribution in [2.75, 3.05) is 44.2 Å². The molecule has 0 aromatic carbocycles. The van der Waals surface area contributed by atoms with Gasteiger partial charge in [-0.05, 0) is 25.0 Å². The molecule has 0 bridgehead atoms. The van der Waals surface area contributed by atoms with E-state index in [2.05, 4.69) is 21.6 Å². The van der Waals surface area contributed by atoms with Crippen LogP contribution in [-0.2, 0) is 0 Å². The van der Waals surface area contributed by atoms with Gasteiger partial charge in [0.15, 0.2) is 0 Å². The van der Waals surface area contributed by atoms with Crippen LogP contribution in [0, 0.1) is 0 Å². The second-order valence-corrected chi connectivity index (χ2v) is 6.59. The van der Waals surface area contributed by atoms with E-state index in [1.165, 1.54) is 56.9 Å². The maximum atomic E-state index is 6.04. The summed E-state index contributed by atoms with van der Waals surface area (Å²) in [6, 6.07) is 0.939. The topological polar surface area (TPSA) is 32.5 Å². The maximum Gasteiger partial charge on any atom is 0.0430 e. The monoisotopic (exact) mass is 241 g/mol. The van der Waals surface area contributed by atoms with E-state index in [0.29, 0.717) is 5.54 Å². The lowest BCUT2D eigenvalue weighted by Crippen LogP contribution is -2.60. The summed E-state index contributed by atoms with van der Waals surface area (Å²) in [6.07, 6.45) is 4.19. The van der Waals surface area contributed by atoms with E-state index < -0.39 is 0 Å². The Morgan fingerprint density at radius 1 is 1.19 bits per heavy atom. The lowest BCUT2D eigenvalue weighted by atomic mass is 9.95. The average Bonchev–Trinajstić information content (AvgIpc) is 3.08. The molecular formula is C12H23N3S. The van der Waals surface area contributed by atoms with E-state index in [9.17, 15) is 0 Å². The van der Waals surface area contributed by atoms with E-state index in [-0.39, 0.29) is 0 Å². The van der Waals surface area contributed by atoms with Gasteiger partial charge in [0, 0.05) is 50.1 Å². The summed E-state index contributed by atoms with van der Waals surface area (Å²) >= 11 is 2.08. The SMILES string of the molecule is NCC1(N2CCN(C3CC3)CC2)CCSC1. The Kier molecular flexibility index (Phi) is 3.17. The second-order valence-electron chi connectivity index (χ2n) is 5.49. The number of thioether (sulfide) groups is 1. The molecule has 2 heterocycles. The molecule has 2 saturated heterocycles. The standard InChI is InChI=1S/C12H23N3S/c13-9-12(3-8-16-10-12)15-6-4-14(5-7-15)11-1-2-11/h11H,1-10,13H2. The van der Waals surface area contributed by atoms with Crippen LogP contribution in [0.15, 0.2) is 0 Å². The number of nitrogens with zero attached hydrogens (tertiary/aromatic N) is 2. The largest absolute Gasteiger partial charge is 0.329 e. The average molecular weight is 241 g/mol. The van der Waals surface area contributed by atoms with Gasteiger partial charge in [0.2, 0.25) is 0 Å². The highest BCUT2D eigenvalue weighted by Gasteiger charge is 2.41. The molecule has 1 aliphatic carbocycles. The normalized spacial score (nSPS) is 38.1. The van der Waals surface area contributed by atoms with Crippen molar-refractivity contribution in [1.29, 1.82) is 0 Å². The van der Waals surface area contributed by atoms with Gasteiger partial charge in [-0.25, -0.2) is 0 Å². The van der Waals surface area contributed by atoms with E-state index >= 15 is 0 Å². The van der Waals surface area contributed by atoms with Crippen LogP contribution in [0.4, 0.5) is 0 Å². The molecule has 0 aromatic heterocycles. The maximum absolute atomic E-state index is 6.04. The predicted molar refractivity (Wildman–Crippen MR) is 69.9 cm³/mol. The highest BCUT2D eigenvalue weighted by atomic mass is 32.2. The first kappa shape index (κ1) is 11.3. The smallest absolute Gasteiger partial charge is 0.0430 e. The summed E-state index contributed by atoms with van der Waals surface area (Å²) in [5.74, 6) is 2.56. The van der Waals surface area contributed by atoms with Gasteiger partial charge in [-0.2, -0.15) is 11.8 Å². The highest BCUT2D eigenvalue weighted by Crippen LogP contribution is 2.34. The molecule has 1 saturated carbocycles. The van der Waals surface area contributed by atoms with Crippen LogP contribution in [0.5, 0.6) is 0 Å². The third kappa shape index (κ3) is 2.01. The fraction of sp³-hybridized carbons (Fsp3) is 1.00. The Morgan fingerprint density at radius 3 is 2.44 bits per heavy atom. The summed E-state index contributed by atoms with van der Waals surface area (Å²) in [7, 11) is 0. The van der Waals surface area contributed by atoms with Crippen LogP contribution in [0.1, 0.15) is 19.3 Å². The first-order chi connectivity index (χ1) is 7.84. The summed E-state index contributed by atoms with van der Waals surface area (Å²) in [6.45, 7) is 5.89. The molecule has 2 aliphatic heterocycles. The second kappa shape index (κ2) is 4.48. The van der Waals surface area contributed by atoms with Crippen LogP contribution in [-0.4, -0.2) is 65.6 Å². The molecule has 4 heteroatoms. The van der Waals surface area contributed by atoms with Crippen molar-refractivity contribution in [3.05, 3.63) is 0 Å². The number of hydrogen-bond donors (Lipinski definition) is 1. The highest BCUT2D eigenvalue weighted by molar-refractivity contribution is 7.99. The molecule has 0 aromatic rings.